The maximum atomic E-state index is 13.9. The average molecular weight is 587 g/mol. The SMILES string of the molecule is O=C(NC(Cc1cccs1)C(=O)N1CCC2C1C(=O)CN2S(=O)(=O)c1ccccn1)c1cc2sccc2s1. The van der Waals surface area contributed by atoms with Crippen LogP contribution in [0.4, 0.5) is 0 Å². The lowest BCUT2D eigenvalue weighted by molar-refractivity contribution is -0.138. The maximum Gasteiger partial charge on any atom is 0.262 e. The number of nitrogens with one attached hydrogen (secondary N) is 1. The number of sulfonamides is 1. The van der Waals surface area contributed by atoms with Crippen molar-refractivity contribution in [1.29, 1.82) is 0 Å². The minimum absolute atomic E-state index is 0.128. The first-order valence-corrected chi connectivity index (χ1v) is 15.9. The number of hydrogen-bond acceptors (Lipinski definition) is 9. The monoisotopic (exact) mass is 586 g/mol. The Bertz CT molecular complexity index is 1580. The fourth-order valence-corrected chi connectivity index (χ4v) is 9.42. The van der Waals surface area contributed by atoms with E-state index in [0.29, 0.717) is 11.3 Å². The Labute approximate surface area is 230 Å². The van der Waals surface area contributed by atoms with Crippen molar-refractivity contribution in [3.05, 3.63) is 69.2 Å². The minimum atomic E-state index is -4.00. The smallest absolute Gasteiger partial charge is 0.262 e. The third-order valence-corrected chi connectivity index (χ3v) is 11.6. The Kier molecular flexibility index (Phi) is 6.64. The zero-order valence-electron chi connectivity index (χ0n) is 19.8. The summed E-state index contributed by atoms with van der Waals surface area (Å²) in [5.74, 6) is -1.07. The molecule has 9 nitrogen and oxygen atoms in total. The van der Waals surface area contributed by atoms with Crippen LogP contribution >= 0.6 is 34.0 Å². The predicted octanol–water partition coefficient (Wildman–Crippen LogP) is 3.00. The predicted molar refractivity (Wildman–Crippen MR) is 146 cm³/mol. The van der Waals surface area contributed by atoms with Crippen molar-refractivity contribution >= 4 is 71.0 Å². The summed E-state index contributed by atoms with van der Waals surface area (Å²) in [4.78, 5) is 47.0. The second-order valence-corrected chi connectivity index (χ2v) is 14.0. The molecule has 13 heteroatoms. The first-order chi connectivity index (χ1) is 18.3. The van der Waals surface area contributed by atoms with Crippen molar-refractivity contribution in [2.75, 3.05) is 13.1 Å². The largest absolute Gasteiger partial charge is 0.339 e. The number of pyridine rings is 1. The first-order valence-electron chi connectivity index (χ1n) is 11.9. The van der Waals surface area contributed by atoms with Gasteiger partial charge >= 0.3 is 0 Å². The molecule has 2 aliphatic rings. The van der Waals surface area contributed by atoms with Gasteiger partial charge in [0, 0.05) is 33.4 Å². The highest BCUT2D eigenvalue weighted by Crippen LogP contribution is 2.34. The molecule has 38 heavy (non-hydrogen) atoms. The molecular formula is C25H22N4O5S4. The van der Waals surface area contributed by atoms with Gasteiger partial charge < -0.3 is 10.2 Å². The number of carbonyl (C=O) groups excluding carboxylic acids is 3. The molecular weight excluding hydrogens is 565 g/mol. The van der Waals surface area contributed by atoms with E-state index >= 15 is 0 Å². The van der Waals surface area contributed by atoms with Crippen LogP contribution in [-0.4, -0.2) is 71.4 Å². The summed E-state index contributed by atoms with van der Waals surface area (Å²) >= 11 is 4.39. The standard InChI is InChI=1S/C25H22N4O5S4/c30-18-14-29(38(33,34)22-5-1-2-8-26-22)17-6-9-28(23(17)18)25(32)16(12-15-4-3-10-35-15)27-24(31)21-13-20-19(37-21)7-11-36-20/h1-5,7-8,10-11,13,16-17,23H,6,9,12,14H2,(H,27,31). The second-order valence-electron chi connectivity index (χ2n) is 9.09. The van der Waals surface area contributed by atoms with Crippen LogP contribution in [0.5, 0.6) is 0 Å². The van der Waals surface area contributed by atoms with Gasteiger partial charge in [-0.2, -0.15) is 4.31 Å². The van der Waals surface area contributed by atoms with Crippen LogP contribution in [-0.2, 0) is 26.0 Å². The lowest BCUT2D eigenvalue weighted by atomic mass is 10.1. The summed E-state index contributed by atoms with van der Waals surface area (Å²) in [6.45, 7) is -0.0917. The van der Waals surface area contributed by atoms with Crippen LogP contribution in [0.1, 0.15) is 21.0 Å². The number of likely N-dealkylation sites (tertiary alicyclic amines) is 1. The van der Waals surface area contributed by atoms with Crippen molar-refractivity contribution in [2.45, 2.75) is 36.0 Å². The Hall–Kier alpha value is -2.97. The maximum absolute atomic E-state index is 13.9. The molecule has 0 spiro atoms. The highest BCUT2D eigenvalue weighted by Gasteiger charge is 2.54. The number of thiophene rings is 3. The normalized spacial score (nSPS) is 20.6. The molecule has 1 N–H and O–H groups in total. The number of amides is 2. The van der Waals surface area contributed by atoms with Gasteiger partial charge in [-0.1, -0.05) is 12.1 Å². The third-order valence-electron chi connectivity index (χ3n) is 6.82. The lowest BCUT2D eigenvalue weighted by Gasteiger charge is -2.28. The molecule has 196 valence electrons. The van der Waals surface area contributed by atoms with Crippen molar-refractivity contribution < 1.29 is 22.8 Å². The Morgan fingerprint density at radius 1 is 1.11 bits per heavy atom. The van der Waals surface area contributed by atoms with E-state index in [2.05, 4.69) is 10.3 Å². The van der Waals surface area contributed by atoms with E-state index in [1.165, 1.54) is 44.1 Å². The molecule has 2 amide bonds. The molecule has 2 saturated heterocycles. The average Bonchev–Trinajstić information content (AvgIpc) is 3.72. The van der Waals surface area contributed by atoms with E-state index < -0.39 is 28.1 Å². The van der Waals surface area contributed by atoms with Crippen molar-refractivity contribution in [2.24, 2.45) is 0 Å². The van der Waals surface area contributed by atoms with Crippen molar-refractivity contribution in [3.8, 4) is 0 Å². The van der Waals surface area contributed by atoms with Crippen LogP contribution in [0.25, 0.3) is 9.40 Å². The molecule has 0 aliphatic carbocycles. The molecule has 2 aliphatic heterocycles. The van der Waals surface area contributed by atoms with Gasteiger partial charge in [-0.25, -0.2) is 13.4 Å². The van der Waals surface area contributed by atoms with Gasteiger partial charge in [0.2, 0.25) is 5.91 Å². The lowest BCUT2D eigenvalue weighted by Crippen LogP contribution is -2.53. The fraction of sp³-hybridized carbons (Fsp3) is 0.280. The molecule has 4 aromatic rings. The van der Waals surface area contributed by atoms with E-state index in [4.69, 9.17) is 0 Å². The van der Waals surface area contributed by atoms with Gasteiger partial charge in [0.1, 0.15) is 12.1 Å². The number of hydrogen-bond donors (Lipinski definition) is 1. The van der Waals surface area contributed by atoms with E-state index in [-0.39, 0.29) is 42.1 Å². The van der Waals surface area contributed by atoms with E-state index in [9.17, 15) is 22.8 Å². The number of aromatic nitrogens is 1. The van der Waals surface area contributed by atoms with E-state index in [1.807, 2.05) is 35.0 Å². The van der Waals surface area contributed by atoms with Crippen LogP contribution in [0.2, 0.25) is 0 Å². The third kappa shape index (κ3) is 4.47. The van der Waals surface area contributed by atoms with Gasteiger partial charge in [-0.3, -0.25) is 14.4 Å². The summed E-state index contributed by atoms with van der Waals surface area (Å²) < 4.78 is 29.7. The zero-order valence-corrected chi connectivity index (χ0v) is 23.1. The summed E-state index contributed by atoms with van der Waals surface area (Å²) in [5, 5.41) is 6.64. The highest BCUT2D eigenvalue weighted by molar-refractivity contribution is 7.89. The molecule has 3 unspecified atom stereocenters. The fourth-order valence-electron chi connectivity index (χ4n) is 5.10. The van der Waals surface area contributed by atoms with E-state index in [0.717, 1.165) is 14.3 Å². The summed E-state index contributed by atoms with van der Waals surface area (Å²) in [7, 11) is -4.00. The molecule has 6 heterocycles. The molecule has 6 rings (SSSR count). The number of carbonyl (C=O) groups is 3. The molecule has 0 aromatic carbocycles. The number of Topliss-reactive ketones (excluding diaryl/α,β-unsaturated/α-hetero) is 1. The number of fused-ring (bicyclic) bond motifs is 2. The Morgan fingerprint density at radius 2 is 1.97 bits per heavy atom. The number of ketones is 1. The van der Waals surface area contributed by atoms with E-state index in [1.54, 1.807) is 23.5 Å². The Balaban J connectivity index is 1.25. The second kappa shape index (κ2) is 9.97. The Morgan fingerprint density at radius 3 is 2.71 bits per heavy atom. The van der Waals surface area contributed by atoms with Crippen LogP contribution < -0.4 is 5.32 Å². The van der Waals surface area contributed by atoms with Gasteiger partial charge in [0.05, 0.1) is 17.5 Å². The topological polar surface area (TPSA) is 117 Å². The summed E-state index contributed by atoms with van der Waals surface area (Å²) in [5.41, 5.74) is 0. The molecule has 0 saturated carbocycles. The summed E-state index contributed by atoms with van der Waals surface area (Å²) in [6.07, 6.45) is 2.00. The van der Waals surface area contributed by atoms with Gasteiger partial charge in [0.25, 0.3) is 15.9 Å². The van der Waals surface area contributed by atoms with Gasteiger partial charge in [-0.05, 0) is 47.5 Å². The highest BCUT2D eigenvalue weighted by atomic mass is 32.2. The molecule has 0 radical (unpaired) electrons. The molecule has 4 aromatic heterocycles. The van der Waals surface area contributed by atoms with Crippen LogP contribution in [0, 0.1) is 0 Å². The zero-order chi connectivity index (χ0) is 26.4. The summed E-state index contributed by atoms with van der Waals surface area (Å²) in [6, 6.07) is 9.69. The van der Waals surface area contributed by atoms with Gasteiger partial charge in [0.15, 0.2) is 10.8 Å². The molecule has 0 bridgehead atoms. The molecule has 2 fully saturated rings. The first kappa shape index (κ1) is 25.3. The number of nitrogens with zero attached hydrogens (tertiary/aromatic N) is 3. The van der Waals surface area contributed by atoms with Crippen LogP contribution in [0.15, 0.2) is 64.4 Å². The minimum Gasteiger partial charge on any atom is -0.339 e. The molecule has 3 atom stereocenters. The van der Waals surface area contributed by atoms with Gasteiger partial charge in [-0.15, -0.1) is 34.0 Å². The van der Waals surface area contributed by atoms with Crippen LogP contribution in [0.3, 0.4) is 0 Å². The van der Waals surface area contributed by atoms with Crippen molar-refractivity contribution in [3.63, 3.8) is 0 Å². The quantitative estimate of drug-likeness (QED) is 0.356. The number of rotatable bonds is 7. The van der Waals surface area contributed by atoms with Crippen molar-refractivity contribution in [1.82, 2.24) is 19.5 Å².